The minimum atomic E-state index is 0.148. The second kappa shape index (κ2) is 5.88. The molecule has 0 saturated heterocycles. The topological polar surface area (TPSA) is 29.9 Å². The molecule has 2 heterocycles. The Labute approximate surface area is 123 Å². The number of hydrogen-bond acceptors (Lipinski definition) is 2. The van der Waals surface area contributed by atoms with Crippen molar-refractivity contribution in [2.24, 2.45) is 0 Å². The van der Waals surface area contributed by atoms with Crippen molar-refractivity contribution in [2.75, 3.05) is 0 Å². The number of nitrogens with zero attached hydrogens (tertiary/aromatic N) is 2. The molecule has 0 saturated carbocycles. The molecule has 0 radical (unpaired) electrons. The van der Waals surface area contributed by atoms with Crippen LogP contribution in [0.4, 0.5) is 0 Å². The molecular formula is C15H20BrN3. The Bertz CT molecular complexity index is 523. The average molecular weight is 322 g/mol. The van der Waals surface area contributed by atoms with Gasteiger partial charge in [-0.05, 0) is 60.5 Å². The van der Waals surface area contributed by atoms with E-state index in [0.717, 1.165) is 23.3 Å². The van der Waals surface area contributed by atoms with Crippen molar-refractivity contribution < 1.29 is 0 Å². The molecule has 1 N–H and O–H groups in total. The van der Waals surface area contributed by atoms with E-state index in [-0.39, 0.29) is 5.54 Å². The zero-order chi connectivity index (χ0) is 13.9. The van der Waals surface area contributed by atoms with Gasteiger partial charge >= 0.3 is 0 Å². The van der Waals surface area contributed by atoms with Crippen LogP contribution in [0.5, 0.6) is 0 Å². The van der Waals surface area contributed by atoms with Crippen LogP contribution in [0, 0.1) is 0 Å². The number of aromatic nitrogens is 2. The second-order valence-corrected chi connectivity index (χ2v) is 6.68. The van der Waals surface area contributed by atoms with Crippen LogP contribution in [-0.4, -0.2) is 15.1 Å². The van der Waals surface area contributed by atoms with Gasteiger partial charge in [-0.25, -0.2) is 0 Å². The van der Waals surface area contributed by atoms with E-state index in [1.54, 1.807) is 0 Å². The molecule has 0 aliphatic heterocycles. The van der Waals surface area contributed by atoms with Crippen LogP contribution in [0.3, 0.4) is 0 Å². The summed E-state index contributed by atoms with van der Waals surface area (Å²) >= 11 is 3.40. The maximum atomic E-state index is 4.38. The van der Waals surface area contributed by atoms with E-state index in [0.29, 0.717) is 0 Å². The average Bonchev–Trinajstić information content (AvgIpc) is 2.77. The van der Waals surface area contributed by atoms with Gasteiger partial charge in [0.2, 0.25) is 0 Å². The van der Waals surface area contributed by atoms with Gasteiger partial charge in [0.1, 0.15) is 0 Å². The number of nitrogens with one attached hydrogen (secondary N) is 1. The summed E-state index contributed by atoms with van der Waals surface area (Å²) in [5.74, 6) is 0. The highest BCUT2D eigenvalue weighted by molar-refractivity contribution is 9.10. The molecule has 0 aliphatic rings. The van der Waals surface area contributed by atoms with Crippen LogP contribution in [-0.2, 0) is 13.1 Å². The standard InChI is InChI=1S/C15H20BrN3/c1-15(2,3)18-8-12-6-7-19(10-12)11-14-5-4-13(16)9-17-14/h4-7,9-10,18H,8,11H2,1-3H3. The molecule has 0 aromatic carbocycles. The molecule has 0 fully saturated rings. The molecule has 0 spiro atoms. The molecule has 19 heavy (non-hydrogen) atoms. The first kappa shape index (κ1) is 14.3. The van der Waals surface area contributed by atoms with Crippen LogP contribution in [0.1, 0.15) is 32.0 Å². The fraction of sp³-hybridized carbons (Fsp3) is 0.400. The first-order chi connectivity index (χ1) is 8.92. The summed E-state index contributed by atoms with van der Waals surface area (Å²) in [7, 11) is 0. The Kier molecular flexibility index (Phi) is 4.42. The summed E-state index contributed by atoms with van der Waals surface area (Å²) in [6, 6.07) is 6.21. The Morgan fingerprint density at radius 3 is 2.68 bits per heavy atom. The Morgan fingerprint density at radius 2 is 2.05 bits per heavy atom. The normalized spacial score (nSPS) is 11.8. The van der Waals surface area contributed by atoms with Crippen LogP contribution in [0.15, 0.2) is 41.3 Å². The van der Waals surface area contributed by atoms with Crippen LogP contribution < -0.4 is 5.32 Å². The van der Waals surface area contributed by atoms with Crippen molar-refractivity contribution >= 4 is 15.9 Å². The van der Waals surface area contributed by atoms with Crippen LogP contribution in [0.2, 0.25) is 0 Å². The van der Waals surface area contributed by atoms with Crippen molar-refractivity contribution in [2.45, 2.75) is 39.4 Å². The largest absolute Gasteiger partial charge is 0.348 e. The molecule has 102 valence electrons. The van der Waals surface area contributed by atoms with Gasteiger partial charge in [-0.1, -0.05) is 0 Å². The lowest BCUT2D eigenvalue weighted by Crippen LogP contribution is -2.34. The lowest BCUT2D eigenvalue weighted by molar-refractivity contribution is 0.424. The van der Waals surface area contributed by atoms with E-state index in [1.807, 2.05) is 18.3 Å². The first-order valence-electron chi connectivity index (χ1n) is 6.42. The van der Waals surface area contributed by atoms with Crippen molar-refractivity contribution in [1.29, 1.82) is 0 Å². The lowest BCUT2D eigenvalue weighted by Gasteiger charge is -2.19. The SMILES string of the molecule is CC(C)(C)NCc1ccn(Cc2ccc(Br)cn2)c1. The Hall–Kier alpha value is -1.13. The molecule has 3 nitrogen and oxygen atoms in total. The molecule has 0 amide bonds. The van der Waals surface area contributed by atoms with Crippen LogP contribution in [0.25, 0.3) is 0 Å². The molecule has 0 aliphatic carbocycles. The van der Waals surface area contributed by atoms with Gasteiger partial charge < -0.3 is 9.88 Å². The first-order valence-corrected chi connectivity index (χ1v) is 7.22. The summed E-state index contributed by atoms with van der Waals surface area (Å²) in [6.45, 7) is 8.23. The van der Waals surface area contributed by atoms with Crippen molar-refractivity contribution in [3.05, 3.63) is 52.5 Å². The molecule has 2 aromatic rings. The zero-order valence-electron chi connectivity index (χ0n) is 11.7. The molecule has 4 heteroatoms. The van der Waals surface area contributed by atoms with E-state index in [4.69, 9.17) is 0 Å². The van der Waals surface area contributed by atoms with E-state index < -0.39 is 0 Å². The zero-order valence-corrected chi connectivity index (χ0v) is 13.2. The van der Waals surface area contributed by atoms with E-state index in [1.165, 1.54) is 5.56 Å². The maximum absolute atomic E-state index is 4.38. The molecular weight excluding hydrogens is 302 g/mol. The summed E-state index contributed by atoms with van der Waals surface area (Å²) in [5.41, 5.74) is 2.51. The molecule has 0 bridgehead atoms. The number of pyridine rings is 1. The van der Waals surface area contributed by atoms with Gasteiger partial charge in [0.15, 0.2) is 0 Å². The van der Waals surface area contributed by atoms with E-state index >= 15 is 0 Å². The van der Waals surface area contributed by atoms with Crippen molar-refractivity contribution in [3.63, 3.8) is 0 Å². The summed E-state index contributed by atoms with van der Waals surface area (Å²) < 4.78 is 3.18. The van der Waals surface area contributed by atoms with Gasteiger partial charge in [-0.15, -0.1) is 0 Å². The van der Waals surface area contributed by atoms with E-state index in [9.17, 15) is 0 Å². The van der Waals surface area contributed by atoms with Gasteiger partial charge in [-0.3, -0.25) is 4.98 Å². The minimum absolute atomic E-state index is 0.148. The third-order valence-electron chi connectivity index (χ3n) is 2.77. The quantitative estimate of drug-likeness (QED) is 0.932. The molecule has 0 atom stereocenters. The number of hydrogen-bond donors (Lipinski definition) is 1. The van der Waals surface area contributed by atoms with Gasteiger partial charge in [-0.2, -0.15) is 0 Å². The number of halogens is 1. The molecule has 2 aromatic heterocycles. The Morgan fingerprint density at radius 1 is 1.26 bits per heavy atom. The smallest absolute Gasteiger partial charge is 0.0642 e. The summed E-state index contributed by atoms with van der Waals surface area (Å²) in [4.78, 5) is 4.38. The fourth-order valence-electron chi connectivity index (χ4n) is 1.75. The minimum Gasteiger partial charge on any atom is -0.348 e. The summed E-state index contributed by atoms with van der Waals surface area (Å²) in [6.07, 6.45) is 6.10. The fourth-order valence-corrected chi connectivity index (χ4v) is 1.98. The number of rotatable bonds is 4. The highest BCUT2D eigenvalue weighted by atomic mass is 79.9. The van der Waals surface area contributed by atoms with Crippen molar-refractivity contribution in [3.8, 4) is 0 Å². The van der Waals surface area contributed by atoms with E-state index in [2.05, 4.69) is 70.0 Å². The monoisotopic (exact) mass is 321 g/mol. The molecule has 2 rings (SSSR count). The predicted octanol–water partition coefficient (Wildman–Crippen LogP) is 3.58. The van der Waals surface area contributed by atoms with Gasteiger partial charge in [0.25, 0.3) is 0 Å². The lowest BCUT2D eigenvalue weighted by atomic mass is 10.1. The van der Waals surface area contributed by atoms with Gasteiger partial charge in [0, 0.05) is 35.1 Å². The van der Waals surface area contributed by atoms with Crippen LogP contribution >= 0.6 is 15.9 Å². The molecule has 0 unspecified atom stereocenters. The highest BCUT2D eigenvalue weighted by Gasteiger charge is 2.08. The Balaban J connectivity index is 1.95. The maximum Gasteiger partial charge on any atom is 0.0642 e. The summed E-state index contributed by atoms with van der Waals surface area (Å²) in [5, 5.41) is 3.49. The highest BCUT2D eigenvalue weighted by Crippen LogP contribution is 2.10. The van der Waals surface area contributed by atoms with Crippen molar-refractivity contribution in [1.82, 2.24) is 14.9 Å². The predicted molar refractivity (Wildman–Crippen MR) is 82.1 cm³/mol. The second-order valence-electron chi connectivity index (χ2n) is 5.76. The third-order valence-corrected chi connectivity index (χ3v) is 3.24. The van der Waals surface area contributed by atoms with Gasteiger partial charge in [0.05, 0.1) is 12.2 Å². The third kappa shape index (κ3) is 4.80.